The Morgan fingerprint density at radius 2 is 2.00 bits per heavy atom. The SMILES string of the molecule is Cc1ccc2c(c1)c1nnc(SCCCCC(=O)NCCN3CCOCC3)nc1n2Cc1cccc(Cl)c1. The van der Waals surface area contributed by atoms with Crippen LogP contribution in [0.2, 0.25) is 5.02 Å². The molecule has 1 saturated heterocycles. The van der Waals surface area contributed by atoms with Gasteiger partial charge in [0.25, 0.3) is 0 Å². The summed E-state index contributed by atoms with van der Waals surface area (Å²) in [6.45, 7) is 7.74. The normalized spacial score (nSPS) is 14.4. The van der Waals surface area contributed by atoms with Crippen LogP contribution in [0.4, 0.5) is 0 Å². The number of hydrogen-bond acceptors (Lipinski definition) is 7. The smallest absolute Gasteiger partial charge is 0.220 e. The third-order valence-corrected chi connectivity index (χ3v) is 7.87. The van der Waals surface area contributed by atoms with Gasteiger partial charge in [-0.1, -0.05) is 47.1 Å². The Balaban J connectivity index is 1.17. The van der Waals surface area contributed by atoms with Gasteiger partial charge in [0, 0.05) is 55.3 Å². The molecule has 2 aromatic carbocycles. The van der Waals surface area contributed by atoms with Gasteiger partial charge in [0.1, 0.15) is 5.52 Å². The Hall–Kier alpha value is -2.72. The number of thioether (sulfide) groups is 1. The summed E-state index contributed by atoms with van der Waals surface area (Å²) < 4.78 is 7.55. The van der Waals surface area contributed by atoms with Crippen LogP contribution in [0, 0.1) is 6.92 Å². The average molecular weight is 553 g/mol. The van der Waals surface area contributed by atoms with Crippen molar-refractivity contribution in [3.63, 3.8) is 0 Å². The molecule has 0 unspecified atom stereocenters. The highest BCUT2D eigenvalue weighted by Gasteiger charge is 2.16. The molecule has 0 bridgehead atoms. The van der Waals surface area contributed by atoms with Gasteiger partial charge >= 0.3 is 0 Å². The van der Waals surface area contributed by atoms with Crippen LogP contribution < -0.4 is 5.32 Å². The molecule has 200 valence electrons. The number of aromatic nitrogens is 4. The van der Waals surface area contributed by atoms with Crippen molar-refractivity contribution >= 4 is 51.3 Å². The monoisotopic (exact) mass is 552 g/mol. The van der Waals surface area contributed by atoms with E-state index in [2.05, 4.69) is 56.2 Å². The Morgan fingerprint density at radius 3 is 2.84 bits per heavy atom. The Bertz CT molecular complexity index is 1410. The lowest BCUT2D eigenvalue weighted by Gasteiger charge is -2.26. The fourth-order valence-corrected chi connectivity index (χ4v) is 5.71. The first kappa shape index (κ1) is 26.9. The van der Waals surface area contributed by atoms with Crippen molar-refractivity contribution in [3.8, 4) is 0 Å². The number of carbonyl (C=O) groups excluding carboxylic acids is 1. The molecule has 1 aliphatic rings. The Labute approximate surface area is 232 Å². The number of fused-ring (bicyclic) bond motifs is 3. The number of halogens is 1. The predicted molar refractivity (Wildman–Crippen MR) is 153 cm³/mol. The molecule has 5 rings (SSSR count). The Morgan fingerprint density at radius 1 is 1.13 bits per heavy atom. The van der Waals surface area contributed by atoms with Crippen molar-refractivity contribution in [1.82, 2.24) is 30.0 Å². The van der Waals surface area contributed by atoms with Gasteiger partial charge in [-0.15, -0.1) is 10.2 Å². The zero-order valence-corrected chi connectivity index (χ0v) is 23.2. The van der Waals surface area contributed by atoms with Gasteiger partial charge < -0.3 is 14.6 Å². The number of aryl methyl sites for hydroxylation is 1. The minimum Gasteiger partial charge on any atom is -0.379 e. The summed E-state index contributed by atoms with van der Waals surface area (Å²) >= 11 is 7.83. The van der Waals surface area contributed by atoms with Crippen molar-refractivity contribution in [1.29, 1.82) is 0 Å². The number of unbranched alkanes of at least 4 members (excludes halogenated alkanes) is 1. The van der Waals surface area contributed by atoms with Crippen LogP contribution >= 0.6 is 23.4 Å². The lowest BCUT2D eigenvalue weighted by molar-refractivity contribution is -0.121. The number of rotatable bonds is 11. The van der Waals surface area contributed by atoms with E-state index in [1.54, 1.807) is 11.8 Å². The number of nitrogens with one attached hydrogen (secondary N) is 1. The lowest BCUT2D eigenvalue weighted by Crippen LogP contribution is -2.41. The lowest BCUT2D eigenvalue weighted by atomic mass is 10.1. The zero-order valence-electron chi connectivity index (χ0n) is 21.7. The average Bonchev–Trinajstić information content (AvgIpc) is 3.21. The van der Waals surface area contributed by atoms with E-state index in [4.69, 9.17) is 21.3 Å². The zero-order chi connectivity index (χ0) is 26.3. The standard InChI is InChI=1S/C28H33ClN6O2S/c1-20-8-9-24-23(17-20)26-27(35(24)19-21-5-4-6-22(29)18-21)31-28(33-32-26)38-16-3-2-7-25(36)30-10-11-34-12-14-37-15-13-34/h4-6,8-9,17-18H,2-3,7,10-16,19H2,1H3,(H,30,36). The van der Waals surface area contributed by atoms with Crippen LogP contribution in [0.25, 0.3) is 22.1 Å². The molecule has 0 saturated carbocycles. The number of morpholine rings is 1. The van der Waals surface area contributed by atoms with Crippen LogP contribution in [-0.4, -0.2) is 75.7 Å². The predicted octanol–water partition coefficient (Wildman–Crippen LogP) is 4.70. The van der Waals surface area contributed by atoms with E-state index in [0.717, 1.165) is 79.1 Å². The van der Waals surface area contributed by atoms with Crippen LogP contribution in [0.3, 0.4) is 0 Å². The summed E-state index contributed by atoms with van der Waals surface area (Å²) in [5.74, 6) is 0.949. The molecular weight excluding hydrogens is 520 g/mol. The highest BCUT2D eigenvalue weighted by molar-refractivity contribution is 7.99. The van der Waals surface area contributed by atoms with Gasteiger partial charge in [-0.3, -0.25) is 9.69 Å². The van der Waals surface area contributed by atoms with Crippen molar-refractivity contribution in [3.05, 3.63) is 58.6 Å². The number of nitrogens with zero attached hydrogens (tertiary/aromatic N) is 5. The maximum atomic E-state index is 12.2. The number of amides is 1. The molecule has 1 amide bonds. The van der Waals surface area contributed by atoms with Crippen LogP contribution in [-0.2, 0) is 16.1 Å². The number of ether oxygens (including phenoxy) is 1. The maximum absolute atomic E-state index is 12.2. The largest absolute Gasteiger partial charge is 0.379 e. The third kappa shape index (κ3) is 6.83. The molecule has 8 nitrogen and oxygen atoms in total. The fourth-order valence-electron chi connectivity index (χ4n) is 4.71. The first-order valence-electron chi connectivity index (χ1n) is 13.1. The molecule has 0 atom stereocenters. The van der Waals surface area contributed by atoms with Crippen molar-refractivity contribution in [2.24, 2.45) is 0 Å². The molecule has 0 radical (unpaired) electrons. The summed E-state index contributed by atoms with van der Waals surface area (Å²) in [5, 5.41) is 14.4. The van der Waals surface area contributed by atoms with Crippen molar-refractivity contribution < 1.29 is 9.53 Å². The topological polar surface area (TPSA) is 85.2 Å². The van der Waals surface area contributed by atoms with E-state index in [1.807, 2.05) is 18.2 Å². The van der Waals surface area contributed by atoms with Gasteiger partial charge in [-0.05, 0) is 49.6 Å². The van der Waals surface area contributed by atoms with E-state index in [9.17, 15) is 4.79 Å². The highest BCUT2D eigenvalue weighted by atomic mass is 35.5. The molecule has 4 aromatic rings. The molecule has 0 spiro atoms. The van der Waals surface area contributed by atoms with Gasteiger partial charge in [-0.2, -0.15) is 0 Å². The van der Waals surface area contributed by atoms with Gasteiger partial charge in [0.2, 0.25) is 11.1 Å². The molecule has 1 N–H and O–H groups in total. The van der Waals surface area contributed by atoms with E-state index in [1.165, 1.54) is 5.56 Å². The summed E-state index contributed by atoms with van der Waals surface area (Å²) in [7, 11) is 0. The van der Waals surface area contributed by atoms with Gasteiger partial charge in [0.15, 0.2) is 5.65 Å². The molecule has 3 heterocycles. The van der Waals surface area contributed by atoms with Gasteiger partial charge in [0.05, 0.1) is 18.7 Å². The molecule has 0 aliphatic carbocycles. The summed E-state index contributed by atoms with van der Waals surface area (Å²) in [4.78, 5) is 19.4. The first-order valence-corrected chi connectivity index (χ1v) is 14.5. The Kier molecular flexibility index (Phi) is 9.11. The van der Waals surface area contributed by atoms with Crippen LogP contribution in [0.5, 0.6) is 0 Å². The number of hydrogen-bond donors (Lipinski definition) is 1. The van der Waals surface area contributed by atoms with Crippen LogP contribution in [0.15, 0.2) is 47.6 Å². The molecule has 1 aliphatic heterocycles. The summed E-state index contributed by atoms with van der Waals surface area (Å²) in [6, 6.07) is 14.3. The number of carbonyl (C=O) groups is 1. The fraction of sp³-hybridized carbons (Fsp3) is 0.429. The molecule has 2 aromatic heterocycles. The first-order chi connectivity index (χ1) is 18.6. The number of benzene rings is 2. The second-order valence-corrected chi connectivity index (χ2v) is 11.1. The second kappa shape index (κ2) is 12.9. The van der Waals surface area contributed by atoms with E-state index >= 15 is 0 Å². The molecule has 10 heteroatoms. The van der Waals surface area contributed by atoms with E-state index in [0.29, 0.717) is 29.7 Å². The molecular formula is C28H33ClN6O2S. The summed E-state index contributed by atoms with van der Waals surface area (Å²) in [5.41, 5.74) is 4.98. The van der Waals surface area contributed by atoms with Crippen molar-refractivity contribution in [2.75, 3.05) is 45.1 Å². The second-order valence-electron chi connectivity index (χ2n) is 9.61. The van der Waals surface area contributed by atoms with Crippen molar-refractivity contribution in [2.45, 2.75) is 37.9 Å². The van der Waals surface area contributed by atoms with Gasteiger partial charge in [-0.25, -0.2) is 4.98 Å². The van der Waals surface area contributed by atoms with Crippen LogP contribution in [0.1, 0.15) is 30.4 Å². The quantitative estimate of drug-likeness (QED) is 0.213. The third-order valence-electron chi connectivity index (χ3n) is 6.72. The maximum Gasteiger partial charge on any atom is 0.220 e. The summed E-state index contributed by atoms with van der Waals surface area (Å²) in [6.07, 6.45) is 2.28. The highest BCUT2D eigenvalue weighted by Crippen LogP contribution is 2.29. The minimum absolute atomic E-state index is 0.114. The van der Waals surface area contributed by atoms with E-state index in [-0.39, 0.29) is 5.91 Å². The molecule has 1 fully saturated rings. The van der Waals surface area contributed by atoms with E-state index < -0.39 is 0 Å². The minimum atomic E-state index is 0.114. The molecule has 38 heavy (non-hydrogen) atoms.